The fraction of sp³-hybridized carbons (Fsp3) is 0.375. The van der Waals surface area contributed by atoms with Crippen LogP contribution in [0.5, 0.6) is 0 Å². The van der Waals surface area contributed by atoms with Crippen LogP contribution in [0.4, 0.5) is 0 Å². The van der Waals surface area contributed by atoms with E-state index < -0.39 is 0 Å². The number of benzene rings is 1. The Morgan fingerprint density at radius 3 is 2.95 bits per heavy atom. The second-order valence-corrected chi connectivity index (χ2v) is 7.52. The van der Waals surface area contributed by atoms with Crippen LogP contribution in [-0.4, -0.2) is 0 Å². The summed E-state index contributed by atoms with van der Waals surface area (Å²) in [7, 11) is 0. The summed E-state index contributed by atoms with van der Waals surface area (Å²) < 4.78 is 0.902. The number of nitrogens with one attached hydrogen (secondary N) is 1. The summed E-state index contributed by atoms with van der Waals surface area (Å²) in [6.07, 6.45) is 3.56. The zero-order chi connectivity index (χ0) is 14.1. The van der Waals surface area contributed by atoms with Gasteiger partial charge >= 0.3 is 0 Å². The lowest BCUT2D eigenvalue weighted by molar-refractivity contribution is 0.418. The summed E-state index contributed by atoms with van der Waals surface area (Å²) in [5, 5.41) is 4.51. The topological polar surface area (TPSA) is 12.0 Å². The van der Waals surface area contributed by atoms with Crippen molar-refractivity contribution in [2.75, 3.05) is 0 Å². The van der Waals surface area contributed by atoms with E-state index in [2.05, 4.69) is 24.4 Å². The zero-order valence-corrected chi connectivity index (χ0v) is 13.7. The molecule has 1 aliphatic carbocycles. The van der Waals surface area contributed by atoms with Crippen molar-refractivity contribution in [1.29, 1.82) is 0 Å². The van der Waals surface area contributed by atoms with Gasteiger partial charge in [0.2, 0.25) is 0 Å². The van der Waals surface area contributed by atoms with Crippen molar-refractivity contribution in [3.8, 4) is 0 Å². The molecule has 4 heteroatoms. The highest BCUT2D eigenvalue weighted by molar-refractivity contribution is 7.16. The molecule has 0 amide bonds. The van der Waals surface area contributed by atoms with Crippen LogP contribution in [0.25, 0.3) is 0 Å². The normalized spacial score (nSPS) is 19.6. The Labute approximate surface area is 133 Å². The number of aryl methyl sites for hydroxylation is 1. The zero-order valence-electron chi connectivity index (χ0n) is 11.3. The number of rotatable bonds is 3. The summed E-state index contributed by atoms with van der Waals surface area (Å²) in [6, 6.07) is 10.9. The molecule has 0 saturated heterocycles. The number of halogens is 2. The van der Waals surface area contributed by atoms with E-state index in [0.717, 1.165) is 15.8 Å². The van der Waals surface area contributed by atoms with Crippen LogP contribution in [0.3, 0.4) is 0 Å². The van der Waals surface area contributed by atoms with Gasteiger partial charge in [0, 0.05) is 22.0 Å². The summed E-state index contributed by atoms with van der Waals surface area (Å²) in [5.74, 6) is 0. The Kier molecular flexibility index (Phi) is 4.37. The average Bonchev–Trinajstić information content (AvgIpc) is 2.80. The number of fused-ring (bicyclic) bond motifs is 1. The number of hydrogen-bond acceptors (Lipinski definition) is 2. The smallest absolute Gasteiger partial charge is 0.0934 e. The van der Waals surface area contributed by atoms with Crippen LogP contribution in [0, 0.1) is 0 Å². The highest BCUT2D eigenvalue weighted by Crippen LogP contribution is 2.38. The van der Waals surface area contributed by atoms with E-state index in [0.29, 0.717) is 6.04 Å². The third-order valence-electron chi connectivity index (χ3n) is 3.88. The summed E-state index contributed by atoms with van der Waals surface area (Å²) >= 11 is 14.0. The van der Waals surface area contributed by atoms with Gasteiger partial charge < -0.3 is 5.32 Å². The lowest BCUT2D eigenvalue weighted by Gasteiger charge is -2.27. The Hall–Kier alpha value is -0.540. The third kappa shape index (κ3) is 3.04. The van der Waals surface area contributed by atoms with E-state index in [1.807, 2.05) is 18.2 Å². The monoisotopic (exact) mass is 325 g/mol. The van der Waals surface area contributed by atoms with Crippen LogP contribution in [0.1, 0.15) is 47.9 Å². The van der Waals surface area contributed by atoms with Crippen molar-refractivity contribution in [3.63, 3.8) is 0 Å². The van der Waals surface area contributed by atoms with E-state index >= 15 is 0 Å². The predicted molar refractivity (Wildman–Crippen MR) is 88.0 cm³/mol. The minimum absolute atomic E-state index is 0.281. The third-order valence-corrected chi connectivity index (χ3v) is 5.46. The fourth-order valence-corrected chi connectivity index (χ4v) is 4.45. The molecule has 1 aromatic heterocycles. The first-order chi connectivity index (χ1) is 9.63. The van der Waals surface area contributed by atoms with E-state index in [9.17, 15) is 0 Å². The molecule has 0 fully saturated rings. The van der Waals surface area contributed by atoms with E-state index in [-0.39, 0.29) is 6.04 Å². The van der Waals surface area contributed by atoms with Gasteiger partial charge in [0.25, 0.3) is 0 Å². The maximum absolute atomic E-state index is 6.16. The van der Waals surface area contributed by atoms with Gasteiger partial charge in [-0.15, -0.1) is 11.3 Å². The largest absolute Gasteiger partial charge is 0.303 e. The van der Waals surface area contributed by atoms with E-state index in [1.54, 1.807) is 11.3 Å². The molecule has 2 atom stereocenters. The van der Waals surface area contributed by atoms with Crippen molar-refractivity contribution >= 4 is 34.5 Å². The van der Waals surface area contributed by atoms with Crippen LogP contribution < -0.4 is 5.32 Å². The first kappa shape index (κ1) is 14.4. The van der Waals surface area contributed by atoms with Crippen molar-refractivity contribution < 1.29 is 0 Å². The van der Waals surface area contributed by atoms with Gasteiger partial charge in [-0.25, -0.2) is 0 Å². The Morgan fingerprint density at radius 1 is 1.30 bits per heavy atom. The standard InChI is InChI=1S/C16H17Cl2NS/c1-10(11-4-2-5-12(17)8-11)19-14-6-3-7-15-13(14)9-16(18)20-15/h2,4-5,8-10,14,19H,3,6-7H2,1H3/t10-,14?/m1/s1. The molecule has 1 heterocycles. The second kappa shape index (κ2) is 6.07. The van der Waals surface area contributed by atoms with E-state index in [1.165, 1.54) is 28.8 Å². The molecule has 1 aromatic carbocycles. The Bertz CT molecular complexity index is 608. The quantitative estimate of drug-likeness (QED) is 0.753. The second-order valence-electron chi connectivity index (χ2n) is 5.32. The molecule has 0 radical (unpaired) electrons. The summed E-state index contributed by atoms with van der Waals surface area (Å²) in [5.41, 5.74) is 2.62. The summed E-state index contributed by atoms with van der Waals surface area (Å²) in [4.78, 5) is 1.44. The van der Waals surface area contributed by atoms with Crippen LogP contribution in [-0.2, 0) is 6.42 Å². The van der Waals surface area contributed by atoms with Gasteiger partial charge in [-0.2, -0.15) is 0 Å². The molecule has 1 N–H and O–H groups in total. The molecule has 1 unspecified atom stereocenters. The van der Waals surface area contributed by atoms with Crippen LogP contribution >= 0.6 is 34.5 Å². The minimum atomic E-state index is 0.281. The summed E-state index contributed by atoms with van der Waals surface area (Å²) in [6.45, 7) is 2.19. The van der Waals surface area contributed by atoms with Gasteiger partial charge in [-0.3, -0.25) is 0 Å². The number of thiophene rings is 1. The van der Waals surface area contributed by atoms with Crippen LogP contribution in [0.15, 0.2) is 30.3 Å². The first-order valence-electron chi connectivity index (χ1n) is 6.93. The maximum Gasteiger partial charge on any atom is 0.0934 e. The number of hydrogen-bond donors (Lipinski definition) is 1. The van der Waals surface area contributed by atoms with Crippen molar-refractivity contribution in [1.82, 2.24) is 5.32 Å². The lowest BCUT2D eigenvalue weighted by atomic mass is 9.93. The molecule has 106 valence electrons. The minimum Gasteiger partial charge on any atom is -0.303 e. The van der Waals surface area contributed by atoms with Crippen LogP contribution in [0.2, 0.25) is 9.36 Å². The highest BCUT2D eigenvalue weighted by Gasteiger charge is 2.24. The van der Waals surface area contributed by atoms with Crippen molar-refractivity contribution in [3.05, 3.63) is 55.7 Å². The van der Waals surface area contributed by atoms with Gasteiger partial charge in [0.05, 0.1) is 4.34 Å². The molecule has 1 nitrogen and oxygen atoms in total. The Balaban J connectivity index is 1.78. The molecule has 3 rings (SSSR count). The molecule has 0 spiro atoms. The molecule has 0 bridgehead atoms. The lowest BCUT2D eigenvalue weighted by Crippen LogP contribution is -2.27. The average molecular weight is 326 g/mol. The first-order valence-corrected chi connectivity index (χ1v) is 8.50. The Morgan fingerprint density at radius 2 is 2.15 bits per heavy atom. The molecule has 0 aliphatic heterocycles. The predicted octanol–water partition coefficient (Wildman–Crippen LogP) is 5.78. The van der Waals surface area contributed by atoms with Gasteiger partial charge in [0.15, 0.2) is 0 Å². The molecule has 1 aliphatic rings. The molecule has 2 aromatic rings. The van der Waals surface area contributed by atoms with Crippen molar-refractivity contribution in [2.45, 2.75) is 38.3 Å². The van der Waals surface area contributed by atoms with Gasteiger partial charge in [-0.05, 0) is 55.5 Å². The van der Waals surface area contributed by atoms with Crippen molar-refractivity contribution in [2.24, 2.45) is 0 Å². The molecule has 0 saturated carbocycles. The van der Waals surface area contributed by atoms with Gasteiger partial charge in [-0.1, -0.05) is 35.3 Å². The molecular weight excluding hydrogens is 309 g/mol. The molecular formula is C16H17Cl2NS. The SMILES string of the molecule is C[C@@H](NC1CCCc2sc(Cl)cc21)c1cccc(Cl)c1. The van der Waals surface area contributed by atoms with E-state index in [4.69, 9.17) is 23.2 Å². The fourth-order valence-electron chi connectivity index (χ4n) is 2.87. The highest BCUT2D eigenvalue weighted by atomic mass is 35.5. The maximum atomic E-state index is 6.16. The molecule has 20 heavy (non-hydrogen) atoms. The van der Waals surface area contributed by atoms with Gasteiger partial charge in [0.1, 0.15) is 0 Å².